The van der Waals surface area contributed by atoms with E-state index in [1.807, 2.05) is 24.4 Å². The molecular formula is C20H16N4S. The third kappa shape index (κ3) is 2.76. The standard InChI is InChI=1S/C20H16N4S/c1-2-5-13(6-3-1)16-12-25-20-17(16)19(22-15-8-9-15)23-18(24-20)14-7-4-10-21-11-14/h1-7,10-12,15H,8-9H2,(H,22,23,24). The Kier molecular flexibility index (Phi) is 3.45. The van der Waals surface area contributed by atoms with Crippen LogP contribution in [0.2, 0.25) is 0 Å². The number of nitrogens with one attached hydrogen (secondary N) is 1. The molecule has 0 unspecified atom stereocenters. The molecular weight excluding hydrogens is 328 g/mol. The topological polar surface area (TPSA) is 50.7 Å². The fourth-order valence-electron chi connectivity index (χ4n) is 2.92. The van der Waals surface area contributed by atoms with Crippen molar-refractivity contribution in [1.29, 1.82) is 0 Å². The Labute approximate surface area is 149 Å². The van der Waals surface area contributed by atoms with Gasteiger partial charge < -0.3 is 5.32 Å². The summed E-state index contributed by atoms with van der Waals surface area (Å²) in [4.78, 5) is 14.9. The molecule has 0 bridgehead atoms. The first-order valence-corrected chi connectivity index (χ1v) is 9.28. The smallest absolute Gasteiger partial charge is 0.164 e. The number of benzene rings is 1. The predicted octanol–water partition coefficient (Wildman–Crippen LogP) is 4.99. The number of aromatic nitrogens is 3. The number of hydrogen-bond donors (Lipinski definition) is 1. The summed E-state index contributed by atoms with van der Waals surface area (Å²) in [6.07, 6.45) is 5.99. The molecule has 5 rings (SSSR count). The van der Waals surface area contributed by atoms with E-state index in [4.69, 9.17) is 9.97 Å². The lowest BCUT2D eigenvalue weighted by Crippen LogP contribution is -2.05. The second kappa shape index (κ2) is 5.93. The van der Waals surface area contributed by atoms with Crippen molar-refractivity contribution in [3.05, 3.63) is 60.2 Å². The highest BCUT2D eigenvalue weighted by atomic mass is 32.1. The van der Waals surface area contributed by atoms with Crippen molar-refractivity contribution in [1.82, 2.24) is 15.0 Å². The molecule has 1 saturated carbocycles. The summed E-state index contributed by atoms with van der Waals surface area (Å²) < 4.78 is 0. The number of nitrogens with zero attached hydrogens (tertiary/aromatic N) is 3. The van der Waals surface area contributed by atoms with Crippen LogP contribution in [-0.2, 0) is 0 Å². The van der Waals surface area contributed by atoms with Gasteiger partial charge in [0.05, 0.1) is 5.39 Å². The zero-order chi connectivity index (χ0) is 16.6. The van der Waals surface area contributed by atoms with Crippen LogP contribution in [0.4, 0.5) is 5.82 Å². The number of pyridine rings is 1. The molecule has 122 valence electrons. The fraction of sp³-hybridized carbons (Fsp3) is 0.150. The van der Waals surface area contributed by atoms with Crippen LogP contribution in [0.15, 0.2) is 60.2 Å². The zero-order valence-corrected chi connectivity index (χ0v) is 14.3. The average molecular weight is 344 g/mol. The molecule has 0 spiro atoms. The highest BCUT2D eigenvalue weighted by Gasteiger charge is 2.24. The minimum absolute atomic E-state index is 0.531. The number of fused-ring (bicyclic) bond motifs is 1. The van der Waals surface area contributed by atoms with Crippen LogP contribution < -0.4 is 5.32 Å². The Morgan fingerprint density at radius 3 is 2.56 bits per heavy atom. The Morgan fingerprint density at radius 1 is 0.960 bits per heavy atom. The van der Waals surface area contributed by atoms with Crippen LogP contribution in [0.5, 0.6) is 0 Å². The van der Waals surface area contributed by atoms with Crippen molar-refractivity contribution in [2.24, 2.45) is 0 Å². The van der Waals surface area contributed by atoms with E-state index in [0.717, 1.165) is 27.4 Å². The molecule has 4 nitrogen and oxygen atoms in total. The maximum atomic E-state index is 4.85. The normalized spacial score (nSPS) is 13.9. The second-order valence-electron chi connectivity index (χ2n) is 6.25. The second-order valence-corrected chi connectivity index (χ2v) is 7.11. The van der Waals surface area contributed by atoms with Gasteiger partial charge >= 0.3 is 0 Å². The fourth-order valence-corrected chi connectivity index (χ4v) is 3.87. The average Bonchev–Trinajstić information content (AvgIpc) is 3.38. The van der Waals surface area contributed by atoms with Crippen LogP contribution in [0, 0.1) is 0 Å². The highest BCUT2D eigenvalue weighted by molar-refractivity contribution is 7.17. The number of hydrogen-bond acceptors (Lipinski definition) is 5. The first-order valence-electron chi connectivity index (χ1n) is 8.40. The quantitative estimate of drug-likeness (QED) is 0.566. The first kappa shape index (κ1) is 14.5. The monoisotopic (exact) mass is 344 g/mol. The van der Waals surface area contributed by atoms with Gasteiger partial charge in [0.15, 0.2) is 5.82 Å². The van der Waals surface area contributed by atoms with E-state index in [9.17, 15) is 0 Å². The van der Waals surface area contributed by atoms with Crippen molar-refractivity contribution in [2.45, 2.75) is 18.9 Å². The van der Waals surface area contributed by atoms with Crippen LogP contribution in [0.1, 0.15) is 12.8 Å². The SMILES string of the molecule is c1ccc(-c2csc3nc(-c4cccnc4)nc(NC4CC4)c23)cc1. The number of anilines is 1. The maximum Gasteiger partial charge on any atom is 0.164 e. The molecule has 0 atom stereocenters. The highest BCUT2D eigenvalue weighted by Crippen LogP contribution is 2.39. The molecule has 5 heteroatoms. The molecule has 1 aliphatic carbocycles. The van der Waals surface area contributed by atoms with Gasteiger partial charge in [-0.25, -0.2) is 9.97 Å². The first-order chi connectivity index (χ1) is 12.4. The maximum absolute atomic E-state index is 4.85. The summed E-state index contributed by atoms with van der Waals surface area (Å²) in [7, 11) is 0. The van der Waals surface area contributed by atoms with Gasteiger partial charge in [0.1, 0.15) is 10.6 Å². The van der Waals surface area contributed by atoms with Crippen molar-refractivity contribution in [2.75, 3.05) is 5.32 Å². The Morgan fingerprint density at radius 2 is 1.80 bits per heavy atom. The van der Waals surface area contributed by atoms with E-state index in [1.54, 1.807) is 17.5 Å². The van der Waals surface area contributed by atoms with Gasteiger partial charge in [0, 0.05) is 34.9 Å². The lowest BCUT2D eigenvalue weighted by Gasteiger charge is -2.10. The molecule has 1 fully saturated rings. The summed E-state index contributed by atoms with van der Waals surface area (Å²) in [6, 6.07) is 14.9. The van der Waals surface area contributed by atoms with E-state index >= 15 is 0 Å². The van der Waals surface area contributed by atoms with E-state index in [0.29, 0.717) is 6.04 Å². The van der Waals surface area contributed by atoms with E-state index < -0.39 is 0 Å². The van der Waals surface area contributed by atoms with Crippen LogP contribution >= 0.6 is 11.3 Å². The summed E-state index contributed by atoms with van der Waals surface area (Å²) in [6.45, 7) is 0. The minimum atomic E-state index is 0.531. The lowest BCUT2D eigenvalue weighted by molar-refractivity contribution is 1.11. The van der Waals surface area contributed by atoms with Gasteiger partial charge in [-0.05, 0) is 30.5 Å². The van der Waals surface area contributed by atoms with Gasteiger partial charge in [-0.3, -0.25) is 4.98 Å². The summed E-state index contributed by atoms with van der Waals surface area (Å²) in [5.41, 5.74) is 3.34. The van der Waals surface area contributed by atoms with Crippen LogP contribution in [0.3, 0.4) is 0 Å². The number of rotatable bonds is 4. The van der Waals surface area contributed by atoms with Crippen molar-refractivity contribution in [3.8, 4) is 22.5 Å². The molecule has 3 aromatic heterocycles. The Balaban J connectivity index is 1.72. The third-order valence-electron chi connectivity index (χ3n) is 4.36. The Bertz CT molecular complexity index is 1020. The Hall–Kier alpha value is -2.79. The predicted molar refractivity (Wildman–Crippen MR) is 103 cm³/mol. The van der Waals surface area contributed by atoms with Gasteiger partial charge in [-0.2, -0.15) is 0 Å². The largest absolute Gasteiger partial charge is 0.367 e. The van der Waals surface area contributed by atoms with Crippen molar-refractivity contribution < 1.29 is 0 Å². The molecule has 1 N–H and O–H groups in total. The van der Waals surface area contributed by atoms with Crippen molar-refractivity contribution >= 4 is 27.4 Å². The molecule has 0 aliphatic heterocycles. The minimum Gasteiger partial charge on any atom is -0.367 e. The summed E-state index contributed by atoms with van der Waals surface area (Å²) in [5, 5.41) is 6.90. The van der Waals surface area contributed by atoms with Crippen LogP contribution in [-0.4, -0.2) is 21.0 Å². The summed E-state index contributed by atoms with van der Waals surface area (Å²) in [5.74, 6) is 1.66. The third-order valence-corrected chi connectivity index (χ3v) is 5.23. The lowest BCUT2D eigenvalue weighted by atomic mass is 10.1. The van der Waals surface area contributed by atoms with Gasteiger partial charge in [-0.1, -0.05) is 30.3 Å². The number of thiophene rings is 1. The molecule has 1 aromatic carbocycles. The molecule has 0 amide bonds. The van der Waals surface area contributed by atoms with Gasteiger partial charge in [0.25, 0.3) is 0 Å². The van der Waals surface area contributed by atoms with Crippen LogP contribution in [0.25, 0.3) is 32.7 Å². The van der Waals surface area contributed by atoms with E-state index in [2.05, 4.69) is 39.9 Å². The molecule has 0 radical (unpaired) electrons. The molecule has 4 aromatic rings. The molecule has 3 heterocycles. The van der Waals surface area contributed by atoms with Crippen molar-refractivity contribution in [3.63, 3.8) is 0 Å². The molecule has 25 heavy (non-hydrogen) atoms. The van der Waals surface area contributed by atoms with Gasteiger partial charge in [0.2, 0.25) is 0 Å². The van der Waals surface area contributed by atoms with E-state index in [1.165, 1.54) is 24.0 Å². The zero-order valence-electron chi connectivity index (χ0n) is 13.5. The summed E-state index contributed by atoms with van der Waals surface area (Å²) >= 11 is 1.67. The molecule has 1 aliphatic rings. The molecule has 0 saturated heterocycles. The van der Waals surface area contributed by atoms with E-state index in [-0.39, 0.29) is 0 Å². The van der Waals surface area contributed by atoms with Gasteiger partial charge in [-0.15, -0.1) is 11.3 Å².